The van der Waals surface area contributed by atoms with Crippen molar-refractivity contribution in [3.05, 3.63) is 47.7 Å². The summed E-state index contributed by atoms with van der Waals surface area (Å²) in [5.74, 6) is 0.779. The first-order valence-corrected chi connectivity index (χ1v) is 5.89. The van der Waals surface area contributed by atoms with E-state index in [1.54, 1.807) is 0 Å². The lowest BCUT2D eigenvalue weighted by molar-refractivity contribution is 0.0901. The van der Waals surface area contributed by atoms with E-state index in [-0.39, 0.29) is 5.41 Å². The summed E-state index contributed by atoms with van der Waals surface area (Å²) in [7, 11) is 0. The molecule has 1 saturated carbocycles. The van der Waals surface area contributed by atoms with Crippen LogP contribution in [-0.2, 0) is 10.2 Å². The molecule has 0 spiro atoms. The molecular formula is C14H16O2. The molecule has 1 aromatic carbocycles. The quantitative estimate of drug-likeness (QED) is 0.840. The van der Waals surface area contributed by atoms with Crippen LogP contribution in [0.15, 0.2) is 42.2 Å². The van der Waals surface area contributed by atoms with Crippen LogP contribution in [0.1, 0.15) is 24.8 Å². The molecule has 84 valence electrons. The van der Waals surface area contributed by atoms with Crippen molar-refractivity contribution in [2.24, 2.45) is 0 Å². The number of aliphatic hydroxyl groups is 1. The molecule has 3 rings (SSSR count). The van der Waals surface area contributed by atoms with Crippen LogP contribution in [0.5, 0.6) is 0 Å². The molecule has 0 saturated heterocycles. The summed E-state index contributed by atoms with van der Waals surface area (Å²) in [5, 5.41) is 10.4. The van der Waals surface area contributed by atoms with Crippen LogP contribution in [0.25, 0.3) is 0 Å². The maximum absolute atomic E-state index is 10.4. The fraction of sp³-hybridized carbons (Fsp3) is 0.429. The molecule has 0 bridgehead atoms. The Balaban J connectivity index is 1.88. The lowest BCUT2D eigenvalue weighted by Crippen LogP contribution is -2.28. The molecule has 1 unspecified atom stereocenters. The molecule has 0 radical (unpaired) electrons. The summed E-state index contributed by atoms with van der Waals surface area (Å²) in [6.07, 6.45) is 4.60. The van der Waals surface area contributed by atoms with Crippen molar-refractivity contribution in [3.63, 3.8) is 0 Å². The Labute approximate surface area is 95.6 Å². The first kappa shape index (κ1) is 9.91. The van der Waals surface area contributed by atoms with E-state index >= 15 is 0 Å². The highest BCUT2D eigenvalue weighted by Crippen LogP contribution is 2.53. The van der Waals surface area contributed by atoms with Crippen LogP contribution in [0, 0.1) is 0 Å². The Morgan fingerprint density at radius 2 is 1.94 bits per heavy atom. The summed E-state index contributed by atoms with van der Waals surface area (Å²) in [6.45, 7) is 0.720. The fourth-order valence-corrected chi connectivity index (χ4v) is 2.52. The van der Waals surface area contributed by atoms with Gasteiger partial charge in [0.05, 0.1) is 6.61 Å². The summed E-state index contributed by atoms with van der Waals surface area (Å²) >= 11 is 0. The molecule has 2 aliphatic rings. The molecule has 2 heteroatoms. The first-order chi connectivity index (χ1) is 7.83. The topological polar surface area (TPSA) is 29.5 Å². The number of hydrogen-bond acceptors (Lipinski definition) is 2. The van der Waals surface area contributed by atoms with Gasteiger partial charge in [-0.2, -0.15) is 0 Å². The number of benzene rings is 1. The average molecular weight is 216 g/mol. The predicted octanol–water partition coefficient (Wildman–Crippen LogP) is 2.38. The molecule has 1 fully saturated rings. The van der Waals surface area contributed by atoms with E-state index in [0.29, 0.717) is 0 Å². The Kier molecular flexibility index (Phi) is 2.25. The third kappa shape index (κ3) is 1.45. The van der Waals surface area contributed by atoms with Gasteiger partial charge < -0.3 is 9.84 Å². The van der Waals surface area contributed by atoms with Crippen molar-refractivity contribution in [2.45, 2.75) is 30.8 Å². The smallest absolute Gasteiger partial charge is 0.122 e. The minimum Gasteiger partial charge on any atom is -0.495 e. The lowest BCUT2D eigenvalue weighted by Gasteiger charge is -2.23. The maximum atomic E-state index is 10.4. The van der Waals surface area contributed by atoms with Crippen molar-refractivity contribution in [1.29, 1.82) is 0 Å². The molecule has 1 aliphatic carbocycles. The standard InChI is InChI=1S/C14H16O2/c15-13(12-7-4-10-16-12)14(8-9-14)11-5-2-1-3-6-11/h1-3,5-7,13,15H,4,8-10H2. The van der Waals surface area contributed by atoms with Crippen LogP contribution in [0.2, 0.25) is 0 Å². The number of rotatable bonds is 3. The van der Waals surface area contributed by atoms with Gasteiger partial charge in [0.1, 0.15) is 11.9 Å². The summed E-state index contributed by atoms with van der Waals surface area (Å²) in [5.41, 5.74) is 1.16. The average Bonchev–Trinajstić information content (AvgIpc) is 2.97. The Morgan fingerprint density at radius 3 is 2.50 bits per heavy atom. The van der Waals surface area contributed by atoms with Crippen molar-refractivity contribution in [2.75, 3.05) is 6.61 Å². The van der Waals surface area contributed by atoms with Gasteiger partial charge in [-0.25, -0.2) is 0 Å². The third-order valence-corrected chi connectivity index (χ3v) is 3.66. The molecule has 1 N–H and O–H groups in total. The van der Waals surface area contributed by atoms with E-state index in [1.165, 1.54) is 5.56 Å². The lowest BCUT2D eigenvalue weighted by atomic mass is 9.89. The molecule has 2 nitrogen and oxygen atoms in total. The summed E-state index contributed by atoms with van der Waals surface area (Å²) in [4.78, 5) is 0. The van der Waals surface area contributed by atoms with E-state index in [1.807, 2.05) is 24.3 Å². The number of ether oxygens (including phenoxy) is 1. The zero-order chi connectivity index (χ0) is 11.0. The van der Waals surface area contributed by atoms with Crippen molar-refractivity contribution in [1.82, 2.24) is 0 Å². The van der Waals surface area contributed by atoms with E-state index in [0.717, 1.165) is 31.6 Å². The van der Waals surface area contributed by atoms with E-state index in [4.69, 9.17) is 4.74 Å². The van der Waals surface area contributed by atoms with Gasteiger partial charge in [0.15, 0.2) is 0 Å². The molecule has 0 amide bonds. The molecule has 1 atom stereocenters. The van der Waals surface area contributed by atoms with Gasteiger partial charge in [-0.05, 0) is 24.5 Å². The summed E-state index contributed by atoms with van der Waals surface area (Å²) < 4.78 is 5.47. The van der Waals surface area contributed by atoms with Crippen LogP contribution in [0.3, 0.4) is 0 Å². The fourth-order valence-electron chi connectivity index (χ4n) is 2.52. The number of hydrogen-bond donors (Lipinski definition) is 1. The van der Waals surface area contributed by atoms with Crippen molar-refractivity contribution < 1.29 is 9.84 Å². The molecule has 1 aromatic rings. The second-order valence-electron chi connectivity index (χ2n) is 4.67. The van der Waals surface area contributed by atoms with Gasteiger partial charge in [0.25, 0.3) is 0 Å². The van der Waals surface area contributed by atoms with Gasteiger partial charge in [0, 0.05) is 11.8 Å². The highest BCUT2D eigenvalue weighted by molar-refractivity contribution is 5.36. The molecule has 0 aromatic heterocycles. The minimum absolute atomic E-state index is 0.0720. The number of aliphatic hydroxyl groups excluding tert-OH is 1. The zero-order valence-corrected chi connectivity index (χ0v) is 9.23. The van der Waals surface area contributed by atoms with Gasteiger partial charge >= 0.3 is 0 Å². The molecular weight excluding hydrogens is 200 g/mol. The molecule has 1 aliphatic heterocycles. The molecule has 16 heavy (non-hydrogen) atoms. The van der Waals surface area contributed by atoms with Crippen molar-refractivity contribution in [3.8, 4) is 0 Å². The second-order valence-corrected chi connectivity index (χ2v) is 4.67. The second kappa shape index (κ2) is 3.63. The van der Waals surface area contributed by atoms with Crippen LogP contribution in [-0.4, -0.2) is 17.8 Å². The SMILES string of the molecule is OC(C1=CCCO1)C1(c2ccccc2)CC1. The Hall–Kier alpha value is -1.28. The van der Waals surface area contributed by atoms with Crippen LogP contribution < -0.4 is 0 Å². The highest BCUT2D eigenvalue weighted by atomic mass is 16.5. The van der Waals surface area contributed by atoms with Gasteiger partial charge in [-0.15, -0.1) is 0 Å². The van der Waals surface area contributed by atoms with E-state index < -0.39 is 6.10 Å². The van der Waals surface area contributed by atoms with Crippen LogP contribution >= 0.6 is 0 Å². The Morgan fingerprint density at radius 1 is 1.19 bits per heavy atom. The first-order valence-electron chi connectivity index (χ1n) is 5.89. The van der Waals surface area contributed by atoms with Gasteiger partial charge in [0.2, 0.25) is 0 Å². The predicted molar refractivity (Wildman–Crippen MR) is 62.0 cm³/mol. The molecule has 1 heterocycles. The van der Waals surface area contributed by atoms with Crippen LogP contribution in [0.4, 0.5) is 0 Å². The normalized spacial score (nSPS) is 23.4. The van der Waals surface area contributed by atoms with Crippen molar-refractivity contribution >= 4 is 0 Å². The maximum Gasteiger partial charge on any atom is 0.122 e. The van der Waals surface area contributed by atoms with E-state index in [9.17, 15) is 5.11 Å². The Bertz CT molecular complexity index is 404. The largest absolute Gasteiger partial charge is 0.495 e. The zero-order valence-electron chi connectivity index (χ0n) is 9.23. The highest BCUT2D eigenvalue weighted by Gasteiger charge is 2.52. The van der Waals surface area contributed by atoms with E-state index in [2.05, 4.69) is 12.1 Å². The summed E-state index contributed by atoms with van der Waals surface area (Å²) in [6, 6.07) is 10.3. The minimum atomic E-state index is -0.461. The van der Waals surface area contributed by atoms with Gasteiger partial charge in [-0.1, -0.05) is 30.3 Å². The van der Waals surface area contributed by atoms with Gasteiger partial charge in [-0.3, -0.25) is 0 Å². The monoisotopic (exact) mass is 216 g/mol. The third-order valence-electron chi connectivity index (χ3n) is 3.66.